The van der Waals surface area contributed by atoms with Gasteiger partial charge in [0, 0.05) is 32.0 Å². The number of carbonyl (C=O) groups excluding carboxylic acids is 2. The van der Waals surface area contributed by atoms with E-state index in [9.17, 15) is 9.59 Å². The van der Waals surface area contributed by atoms with Crippen molar-refractivity contribution in [2.24, 2.45) is 0 Å². The van der Waals surface area contributed by atoms with Gasteiger partial charge in [0.25, 0.3) is 5.91 Å². The molecular formula is C34H36N6O4. The van der Waals surface area contributed by atoms with E-state index in [0.29, 0.717) is 28.3 Å². The molecule has 4 aromatic carbocycles. The number of aromatic nitrogens is 3. The van der Waals surface area contributed by atoms with Crippen molar-refractivity contribution >= 4 is 34.2 Å². The number of nitrogens with one attached hydrogen (secondary N) is 1. The van der Waals surface area contributed by atoms with Crippen molar-refractivity contribution in [1.29, 1.82) is 0 Å². The average molecular weight is 593 g/mol. The first-order valence-corrected chi connectivity index (χ1v) is 14.2. The van der Waals surface area contributed by atoms with Crippen molar-refractivity contribution in [3.63, 3.8) is 0 Å². The molecule has 5 aromatic rings. The van der Waals surface area contributed by atoms with Crippen molar-refractivity contribution < 1.29 is 19.1 Å². The molecule has 2 amide bonds. The Balaban J connectivity index is 1.58. The summed E-state index contributed by atoms with van der Waals surface area (Å²) in [4.78, 5) is 32.1. The van der Waals surface area contributed by atoms with Crippen LogP contribution in [0.4, 0.5) is 11.4 Å². The summed E-state index contributed by atoms with van der Waals surface area (Å²) in [5, 5.41) is 11.5. The SMILES string of the molecule is COc1ccc([C@@H](C(=O)Nc2ccc(N(C)C)cc2)N(Cc2ccc(C)cc2)C(=O)Cn2nnc3ccccc32)cc1OC. The van der Waals surface area contributed by atoms with Crippen LogP contribution in [0.25, 0.3) is 11.0 Å². The van der Waals surface area contributed by atoms with Crippen LogP contribution in [0.2, 0.25) is 0 Å². The van der Waals surface area contributed by atoms with Crippen molar-refractivity contribution in [2.75, 3.05) is 38.5 Å². The number of anilines is 2. The Bertz CT molecular complexity index is 1750. The number of ether oxygens (including phenoxy) is 2. The van der Waals surface area contributed by atoms with E-state index in [2.05, 4.69) is 15.6 Å². The monoisotopic (exact) mass is 592 g/mol. The Morgan fingerprint density at radius 3 is 2.27 bits per heavy atom. The molecule has 0 saturated carbocycles. The van der Waals surface area contributed by atoms with Gasteiger partial charge < -0.3 is 24.6 Å². The van der Waals surface area contributed by atoms with Gasteiger partial charge in [-0.25, -0.2) is 4.68 Å². The molecule has 0 spiro atoms. The van der Waals surface area contributed by atoms with Crippen molar-refractivity contribution in [2.45, 2.75) is 26.1 Å². The van der Waals surface area contributed by atoms with Gasteiger partial charge in [-0.15, -0.1) is 5.10 Å². The van der Waals surface area contributed by atoms with Crippen LogP contribution in [0.3, 0.4) is 0 Å². The molecule has 1 aromatic heterocycles. The first-order chi connectivity index (χ1) is 21.3. The number of aryl methyl sites for hydroxylation is 1. The first kappa shape index (κ1) is 30.1. The molecule has 44 heavy (non-hydrogen) atoms. The van der Waals surface area contributed by atoms with Crippen molar-refractivity contribution in [3.05, 3.63) is 108 Å². The molecule has 0 radical (unpaired) electrons. The maximum absolute atomic E-state index is 14.3. The number of fused-ring (bicyclic) bond motifs is 1. The maximum atomic E-state index is 14.3. The summed E-state index contributed by atoms with van der Waals surface area (Å²) >= 11 is 0. The number of carbonyl (C=O) groups is 2. The summed E-state index contributed by atoms with van der Waals surface area (Å²) in [5.74, 6) is 0.279. The largest absolute Gasteiger partial charge is 0.493 e. The second-order valence-electron chi connectivity index (χ2n) is 10.7. The number of para-hydroxylation sites is 1. The molecule has 10 heteroatoms. The van der Waals surface area contributed by atoms with Crippen LogP contribution in [0.5, 0.6) is 11.5 Å². The highest BCUT2D eigenvalue weighted by Gasteiger charge is 2.33. The van der Waals surface area contributed by atoms with E-state index in [1.807, 2.05) is 98.7 Å². The fourth-order valence-electron chi connectivity index (χ4n) is 5.02. The van der Waals surface area contributed by atoms with Crippen LogP contribution in [-0.2, 0) is 22.7 Å². The van der Waals surface area contributed by atoms with Gasteiger partial charge in [0.2, 0.25) is 5.91 Å². The van der Waals surface area contributed by atoms with Gasteiger partial charge in [-0.05, 0) is 66.6 Å². The molecule has 0 bridgehead atoms. The molecule has 0 aliphatic rings. The fourth-order valence-corrected chi connectivity index (χ4v) is 5.02. The molecule has 5 rings (SSSR count). The normalized spacial score (nSPS) is 11.6. The zero-order valence-electron chi connectivity index (χ0n) is 25.5. The van der Waals surface area contributed by atoms with Gasteiger partial charge in [0.15, 0.2) is 11.5 Å². The molecule has 1 heterocycles. The lowest BCUT2D eigenvalue weighted by Crippen LogP contribution is -2.42. The van der Waals surface area contributed by atoms with Crippen molar-refractivity contribution in [1.82, 2.24) is 19.9 Å². The summed E-state index contributed by atoms with van der Waals surface area (Å²) in [6, 6.07) is 27.1. The van der Waals surface area contributed by atoms with Gasteiger partial charge in [-0.2, -0.15) is 0 Å². The van der Waals surface area contributed by atoms with Gasteiger partial charge >= 0.3 is 0 Å². The van der Waals surface area contributed by atoms with Gasteiger partial charge in [-0.3, -0.25) is 9.59 Å². The van der Waals surface area contributed by atoms with E-state index in [0.717, 1.165) is 22.3 Å². The zero-order chi connectivity index (χ0) is 31.2. The molecule has 0 fully saturated rings. The highest BCUT2D eigenvalue weighted by atomic mass is 16.5. The van der Waals surface area contributed by atoms with E-state index in [1.165, 1.54) is 7.11 Å². The topological polar surface area (TPSA) is 102 Å². The summed E-state index contributed by atoms with van der Waals surface area (Å²) in [6.07, 6.45) is 0. The molecule has 226 valence electrons. The Morgan fingerprint density at radius 2 is 1.59 bits per heavy atom. The van der Waals surface area contributed by atoms with Crippen LogP contribution in [0, 0.1) is 6.92 Å². The second-order valence-corrected chi connectivity index (χ2v) is 10.7. The number of amides is 2. The molecule has 1 N–H and O–H groups in total. The molecule has 10 nitrogen and oxygen atoms in total. The minimum Gasteiger partial charge on any atom is -0.493 e. The number of nitrogens with zero attached hydrogens (tertiary/aromatic N) is 5. The summed E-state index contributed by atoms with van der Waals surface area (Å²) in [6.45, 7) is 2.07. The zero-order valence-corrected chi connectivity index (χ0v) is 25.5. The minimum atomic E-state index is -1.02. The fraction of sp³-hybridized carbons (Fsp3) is 0.235. The van der Waals surface area contributed by atoms with Crippen LogP contribution >= 0.6 is 0 Å². The molecule has 1 atom stereocenters. The van der Waals surface area contributed by atoms with E-state index in [1.54, 1.807) is 34.9 Å². The number of methoxy groups -OCH3 is 2. The number of hydrogen-bond donors (Lipinski definition) is 1. The maximum Gasteiger partial charge on any atom is 0.251 e. The second kappa shape index (κ2) is 13.3. The number of rotatable bonds is 11. The van der Waals surface area contributed by atoms with E-state index in [-0.39, 0.29) is 24.9 Å². The summed E-state index contributed by atoms with van der Waals surface area (Å²) in [7, 11) is 6.99. The Labute approximate surface area is 256 Å². The Morgan fingerprint density at radius 1 is 0.886 bits per heavy atom. The molecule has 0 aliphatic heterocycles. The predicted molar refractivity (Wildman–Crippen MR) is 171 cm³/mol. The van der Waals surface area contributed by atoms with Crippen molar-refractivity contribution in [3.8, 4) is 11.5 Å². The lowest BCUT2D eigenvalue weighted by atomic mass is 10.0. The molecule has 0 saturated heterocycles. The quantitative estimate of drug-likeness (QED) is 0.224. The predicted octanol–water partition coefficient (Wildman–Crippen LogP) is 5.23. The van der Waals surface area contributed by atoms with Crippen LogP contribution in [0.1, 0.15) is 22.7 Å². The number of benzene rings is 4. The lowest BCUT2D eigenvalue weighted by Gasteiger charge is -2.32. The summed E-state index contributed by atoms with van der Waals surface area (Å²) < 4.78 is 12.6. The van der Waals surface area contributed by atoms with Crippen LogP contribution in [0.15, 0.2) is 91.0 Å². The molecular weight excluding hydrogens is 556 g/mol. The van der Waals surface area contributed by atoms with E-state index < -0.39 is 6.04 Å². The minimum absolute atomic E-state index is 0.110. The number of hydrogen-bond acceptors (Lipinski definition) is 7. The van der Waals surface area contributed by atoms with Gasteiger partial charge in [-0.1, -0.05) is 53.2 Å². The average Bonchev–Trinajstić information content (AvgIpc) is 3.44. The summed E-state index contributed by atoms with van der Waals surface area (Å²) in [5.41, 5.74) is 5.54. The smallest absolute Gasteiger partial charge is 0.251 e. The van der Waals surface area contributed by atoms with E-state index in [4.69, 9.17) is 9.47 Å². The third-order valence-corrected chi connectivity index (χ3v) is 7.43. The third-order valence-electron chi connectivity index (χ3n) is 7.43. The highest BCUT2D eigenvalue weighted by molar-refractivity contribution is 5.98. The lowest BCUT2D eigenvalue weighted by molar-refractivity contribution is -0.140. The Kier molecular flexibility index (Phi) is 9.09. The molecule has 0 aliphatic carbocycles. The van der Waals surface area contributed by atoms with Gasteiger partial charge in [0.1, 0.15) is 18.1 Å². The molecule has 0 unspecified atom stereocenters. The van der Waals surface area contributed by atoms with E-state index >= 15 is 0 Å². The van der Waals surface area contributed by atoms with Crippen LogP contribution < -0.4 is 19.7 Å². The standard InChI is InChI=1S/C34H36N6O4/c1-23-10-12-24(13-11-23)21-39(32(41)22-40-29-9-7-6-8-28(29)36-37-40)33(25-14-19-30(43-4)31(20-25)44-5)34(42)35-26-15-17-27(18-16-26)38(2)3/h6-20,33H,21-22H2,1-5H3,(H,35,42)/t33-/m0/s1. The Hall–Kier alpha value is -5.38. The first-order valence-electron chi connectivity index (χ1n) is 14.2. The van der Waals surface area contributed by atoms with Crippen LogP contribution in [-0.4, -0.2) is 60.0 Å². The highest BCUT2D eigenvalue weighted by Crippen LogP contribution is 2.34. The third kappa shape index (κ3) is 6.64. The van der Waals surface area contributed by atoms with Gasteiger partial charge in [0.05, 0.1) is 19.7 Å².